The Morgan fingerprint density at radius 1 is 1.60 bits per heavy atom. The van der Waals surface area contributed by atoms with Crippen molar-refractivity contribution in [2.45, 2.75) is 32.9 Å². The quantitative estimate of drug-likeness (QED) is 0.719. The summed E-state index contributed by atoms with van der Waals surface area (Å²) < 4.78 is 0. The molecule has 1 atom stereocenters. The van der Waals surface area contributed by atoms with Crippen LogP contribution in [0.3, 0.4) is 0 Å². The minimum absolute atomic E-state index is 0.0185. The van der Waals surface area contributed by atoms with Gasteiger partial charge in [0.05, 0.1) is 13.1 Å². The highest BCUT2D eigenvalue weighted by molar-refractivity contribution is 5.80. The van der Waals surface area contributed by atoms with E-state index < -0.39 is 5.97 Å². The fraction of sp³-hybridized carbons (Fsp3) is 0.800. The molecule has 1 aliphatic heterocycles. The Kier molecular flexibility index (Phi) is 3.68. The second-order valence-corrected chi connectivity index (χ2v) is 4.31. The van der Waals surface area contributed by atoms with Crippen LogP contribution in [0.15, 0.2) is 0 Å². The molecule has 0 aromatic rings. The Morgan fingerprint density at radius 2 is 2.20 bits per heavy atom. The van der Waals surface area contributed by atoms with Gasteiger partial charge in [-0.15, -0.1) is 0 Å². The van der Waals surface area contributed by atoms with Gasteiger partial charge in [0.2, 0.25) is 5.91 Å². The van der Waals surface area contributed by atoms with Crippen molar-refractivity contribution in [2.75, 3.05) is 19.6 Å². The number of aliphatic carboxylic acids is 1. The summed E-state index contributed by atoms with van der Waals surface area (Å²) >= 11 is 0. The molecule has 0 aromatic heterocycles. The molecule has 1 N–H and O–H groups in total. The Bertz CT molecular complexity index is 265. The molecule has 0 aromatic carbocycles. The molecule has 1 heterocycles. The standard InChI is InChI=1S/C10H18N2O3/c1-7(2)12-8(3)4-11(5-9(12)13)6-10(14)15/h7-8H,4-6H2,1-3H3,(H,14,15). The highest BCUT2D eigenvalue weighted by atomic mass is 16.4. The fourth-order valence-corrected chi connectivity index (χ4v) is 2.15. The fourth-order valence-electron chi connectivity index (χ4n) is 2.15. The average molecular weight is 214 g/mol. The molecule has 1 aliphatic rings. The summed E-state index contributed by atoms with van der Waals surface area (Å²) in [5, 5.41) is 8.65. The van der Waals surface area contributed by atoms with E-state index in [1.807, 2.05) is 25.7 Å². The topological polar surface area (TPSA) is 60.9 Å². The maximum atomic E-state index is 11.7. The number of carboxylic acid groups (broad SMARTS) is 1. The largest absolute Gasteiger partial charge is 0.480 e. The molecule has 1 amide bonds. The predicted molar refractivity (Wildman–Crippen MR) is 55.5 cm³/mol. The summed E-state index contributed by atoms with van der Waals surface area (Å²) in [5.74, 6) is -0.863. The van der Waals surface area contributed by atoms with Crippen LogP contribution in [0.5, 0.6) is 0 Å². The average Bonchev–Trinajstić information content (AvgIpc) is 1.99. The van der Waals surface area contributed by atoms with Crippen molar-refractivity contribution in [1.29, 1.82) is 0 Å². The monoisotopic (exact) mass is 214 g/mol. The molecule has 5 nitrogen and oxygen atoms in total. The number of amides is 1. The van der Waals surface area contributed by atoms with Crippen LogP contribution in [-0.4, -0.2) is 58.5 Å². The molecule has 86 valence electrons. The summed E-state index contributed by atoms with van der Waals surface area (Å²) in [6.07, 6.45) is 0. The van der Waals surface area contributed by atoms with Gasteiger partial charge < -0.3 is 10.0 Å². The van der Waals surface area contributed by atoms with E-state index in [1.165, 1.54) is 0 Å². The van der Waals surface area contributed by atoms with Gasteiger partial charge in [-0.3, -0.25) is 14.5 Å². The van der Waals surface area contributed by atoms with Crippen LogP contribution in [0, 0.1) is 0 Å². The highest BCUT2D eigenvalue weighted by Gasteiger charge is 2.31. The van der Waals surface area contributed by atoms with Crippen LogP contribution in [0.2, 0.25) is 0 Å². The molecule has 1 unspecified atom stereocenters. The van der Waals surface area contributed by atoms with Crippen LogP contribution in [0.1, 0.15) is 20.8 Å². The van der Waals surface area contributed by atoms with Crippen LogP contribution < -0.4 is 0 Å². The first kappa shape index (κ1) is 12.0. The molecule has 0 radical (unpaired) electrons. The Balaban J connectivity index is 2.62. The molecule has 0 aliphatic carbocycles. The predicted octanol–water partition coefficient (Wildman–Crippen LogP) is 0.0121. The number of hydrogen-bond acceptors (Lipinski definition) is 3. The Morgan fingerprint density at radius 3 is 2.60 bits per heavy atom. The van der Waals surface area contributed by atoms with Crippen LogP contribution >= 0.6 is 0 Å². The van der Waals surface area contributed by atoms with Crippen molar-refractivity contribution < 1.29 is 14.7 Å². The Labute approximate surface area is 89.7 Å². The highest BCUT2D eigenvalue weighted by Crippen LogP contribution is 2.13. The van der Waals surface area contributed by atoms with Crippen molar-refractivity contribution in [3.63, 3.8) is 0 Å². The molecular formula is C10H18N2O3. The van der Waals surface area contributed by atoms with E-state index in [4.69, 9.17) is 5.11 Å². The van der Waals surface area contributed by atoms with Gasteiger partial charge in [0, 0.05) is 18.6 Å². The summed E-state index contributed by atoms with van der Waals surface area (Å²) in [6, 6.07) is 0.269. The zero-order valence-corrected chi connectivity index (χ0v) is 9.43. The lowest BCUT2D eigenvalue weighted by Gasteiger charge is -2.41. The first-order valence-electron chi connectivity index (χ1n) is 5.17. The second kappa shape index (κ2) is 4.61. The van der Waals surface area contributed by atoms with Gasteiger partial charge >= 0.3 is 5.97 Å². The maximum Gasteiger partial charge on any atom is 0.317 e. The second-order valence-electron chi connectivity index (χ2n) is 4.31. The van der Waals surface area contributed by atoms with Crippen molar-refractivity contribution in [3.05, 3.63) is 0 Å². The SMILES string of the molecule is CC(C)N1C(=O)CN(CC(=O)O)CC1C. The lowest BCUT2D eigenvalue weighted by Crippen LogP contribution is -2.58. The van der Waals surface area contributed by atoms with Gasteiger partial charge in [0.1, 0.15) is 0 Å². The number of nitrogens with zero attached hydrogens (tertiary/aromatic N) is 2. The lowest BCUT2D eigenvalue weighted by molar-refractivity contribution is -0.145. The van der Waals surface area contributed by atoms with Gasteiger partial charge in [0.25, 0.3) is 0 Å². The zero-order valence-electron chi connectivity index (χ0n) is 9.43. The van der Waals surface area contributed by atoms with Gasteiger partial charge in [-0.25, -0.2) is 0 Å². The van der Waals surface area contributed by atoms with E-state index in [-0.39, 0.29) is 31.1 Å². The molecule has 0 spiro atoms. The number of carbonyl (C=O) groups is 2. The van der Waals surface area contributed by atoms with Crippen molar-refractivity contribution in [2.24, 2.45) is 0 Å². The normalized spacial score (nSPS) is 23.6. The summed E-state index contributed by atoms with van der Waals surface area (Å²) in [7, 11) is 0. The minimum Gasteiger partial charge on any atom is -0.480 e. The van der Waals surface area contributed by atoms with Crippen molar-refractivity contribution in [3.8, 4) is 0 Å². The summed E-state index contributed by atoms with van der Waals surface area (Å²) in [4.78, 5) is 25.8. The first-order chi connectivity index (χ1) is 6.91. The lowest BCUT2D eigenvalue weighted by atomic mass is 10.1. The van der Waals surface area contributed by atoms with Crippen LogP contribution in [0.4, 0.5) is 0 Å². The van der Waals surface area contributed by atoms with E-state index in [9.17, 15) is 9.59 Å². The van der Waals surface area contributed by atoms with Crippen LogP contribution in [0.25, 0.3) is 0 Å². The van der Waals surface area contributed by atoms with Gasteiger partial charge in [-0.05, 0) is 20.8 Å². The molecular weight excluding hydrogens is 196 g/mol. The summed E-state index contributed by atoms with van der Waals surface area (Å²) in [5.41, 5.74) is 0. The smallest absolute Gasteiger partial charge is 0.317 e. The number of hydrogen-bond donors (Lipinski definition) is 1. The molecule has 5 heteroatoms. The third-order valence-electron chi connectivity index (χ3n) is 2.56. The van der Waals surface area contributed by atoms with E-state index in [0.717, 1.165) is 0 Å². The van der Waals surface area contributed by atoms with Gasteiger partial charge in [-0.2, -0.15) is 0 Å². The van der Waals surface area contributed by atoms with E-state index in [0.29, 0.717) is 6.54 Å². The molecule has 1 rings (SSSR count). The molecule has 15 heavy (non-hydrogen) atoms. The zero-order chi connectivity index (χ0) is 11.6. The summed E-state index contributed by atoms with van der Waals surface area (Å²) in [6.45, 7) is 6.70. The third kappa shape index (κ3) is 2.92. The van der Waals surface area contributed by atoms with Crippen molar-refractivity contribution in [1.82, 2.24) is 9.80 Å². The van der Waals surface area contributed by atoms with Crippen molar-refractivity contribution >= 4 is 11.9 Å². The van der Waals surface area contributed by atoms with Gasteiger partial charge in [-0.1, -0.05) is 0 Å². The van der Waals surface area contributed by atoms with Gasteiger partial charge in [0.15, 0.2) is 0 Å². The number of carbonyl (C=O) groups excluding carboxylic acids is 1. The van der Waals surface area contributed by atoms with Crippen LogP contribution in [-0.2, 0) is 9.59 Å². The first-order valence-corrected chi connectivity index (χ1v) is 5.17. The number of rotatable bonds is 3. The number of piperazine rings is 1. The number of carboxylic acids is 1. The third-order valence-corrected chi connectivity index (χ3v) is 2.56. The Hall–Kier alpha value is -1.10. The molecule has 0 bridgehead atoms. The molecule has 1 saturated heterocycles. The minimum atomic E-state index is -0.881. The van der Waals surface area contributed by atoms with E-state index in [2.05, 4.69) is 0 Å². The maximum absolute atomic E-state index is 11.7. The molecule has 1 fully saturated rings. The van der Waals surface area contributed by atoms with E-state index in [1.54, 1.807) is 4.90 Å². The molecule has 0 saturated carbocycles. The van der Waals surface area contributed by atoms with E-state index >= 15 is 0 Å².